The molecule has 0 radical (unpaired) electrons. The summed E-state index contributed by atoms with van der Waals surface area (Å²) in [7, 11) is 0. The zero-order valence-corrected chi connectivity index (χ0v) is 11.7. The maximum atomic E-state index is 5.98. The third-order valence-corrected chi connectivity index (χ3v) is 3.40. The Kier molecular flexibility index (Phi) is 4.38. The van der Waals surface area contributed by atoms with Gasteiger partial charge in [0.15, 0.2) is 0 Å². The zero-order valence-electron chi connectivity index (χ0n) is 10.9. The molecule has 18 heavy (non-hydrogen) atoms. The highest BCUT2D eigenvalue weighted by molar-refractivity contribution is 6.31. The van der Waals surface area contributed by atoms with E-state index in [1.807, 2.05) is 24.4 Å². The van der Waals surface area contributed by atoms with Crippen LogP contribution in [0, 0.1) is 6.92 Å². The Morgan fingerprint density at radius 1 is 1.33 bits per heavy atom. The first-order valence-electron chi connectivity index (χ1n) is 6.43. The second kappa shape index (κ2) is 6.01. The number of hydrogen-bond acceptors (Lipinski definition) is 1. The zero-order chi connectivity index (χ0) is 13.0. The molecule has 0 saturated heterocycles. The quantitative estimate of drug-likeness (QED) is 0.670. The molecule has 0 N–H and O–H groups in total. The topological polar surface area (TPSA) is 12.9 Å². The number of rotatable bonds is 4. The lowest BCUT2D eigenvalue weighted by Crippen LogP contribution is -1.87. The summed E-state index contributed by atoms with van der Waals surface area (Å²) in [4.78, 5) is 4.47. The molecule has 0 unspecified atom stereocenters. The molecule has 0 aliphatic heterocycles. The van der Waals surface area contributed by atoms with Crippen LogP contribution >= 0.6 is 11.6 Å². The number of benzene rings is 1. The Hall–Kier alpha value is -1.34. The maximum Gasteiger partial charge on any atom is 0.0719 e. The number of aromatic nitrogens is 1. The third-order valence-electron chi connectivity index (χ3n) is 3.16. The molecule has 0 aliphatic rings. The third kappa shape index (κ3) is 2.91. The highest BCUT2D eigenvalue weighted by Gasteiger charge is 2.03. The van der Waals surface area contributed by atoms with E-state index in [0.717, 1.165) is 17.0 Å². The smallest absolute Gasteiger partial charge is 0.0719 e. The summed E-state index contributed by atoms with van der Waals surface area (Å²) in [5.74, 6) is 0. The average Bonchev–Trinajstić information content (AvgIpc) is 2.37. The Morgan fingerprint density at radius 2 is 2.17 bits per heavy atom. The largest absolute Gasteiger partial charge is 0.256 e. The number of allylic oxidation sites excluding steroid dienone is 1. The van der Waals surface area contributed by atoms with Gasteiger partial charge in [-0.25, -0.2) is 0 Å². The molecule has 0 atom stereocenters. The molecule has 0 aliphatic carbocycles. The second-order valence-electron chi connectivity index (χ2n) is 4.54. The minimum Gasteiger partial charge on any atom is -0.256 e. The van der Waals surface area contributed by atoms with Crippen molar-refractivity contribution in [1.82, 2.24) is 4.98 Å². The number of pyridine rings is 1. The maximum absolute atomic E-state index is 5.98. The summed E-state index contributed by atoms with van der Waals surface area (Å²) in [6.45, 7) is 4.35. The van der Waals surface area contributed by atoms with Gasteiger partial charge in [0, 0.05) is 16.6 Å². The van der Waals surface area contributed by atoms with Crippen molar-refractivity contribution in [1.29, 1.82) is 0 Å². The fraction of sp³-hybridized carbons (Fsp3) is 0.312. The van der Waals surface area contributed by atoms with E-state index in [-0.39, 0.29) is 0 Å². The molecule has 1 heterocycles. The number of halogens is 1. The Balaban J connectivity index is 2.33. The standard InChI is InChI=1S/C16H18ClN/c1-3-4-5-6-7-13-11-18-16-10-14(17)8-9-15(16)12(13)2/h6-11H,3-5H2,1-2H3/b7-6+. The summed E-state index contributed by atoms with van der Waals surface area (Å²) in [6.07, 6.45) is 9.94. The molecule has 0 spiro atoms. The van der Waals surface area contributed by atoms with Crippen LogP contribution in [-0.4, -0.2) is 4.98 Å². The van der Waals surface area contributed by atoms with Gasteiger partial charge in [0.1, 0.15) is 0 Å². The van der Waals surface area contributed by atoms with Gasteiger partial charge in [-0.2, -0.15) is 0 Å². The molecular weight excluding hydrogens is 242 g/mol. The summed E-state index contributed by atoms with van der Waals surface area (Å²) in [6, 6.07) is 5.88. The summed E-state index contributed by atoms with van der Waals surface area (Å²) >= 11 is 5.98. The molecule has 2 heteroatoms. The fourth-order valence-corrected chi connectivity index (χ4v) is 2.19. The van der Waals surface area contributed by atoms with Crippen molar-refractivity contribution in [3.05, 3.63) is 46.6 Å². The van der Waals surface area contributed by atoms with Crippen LogP contribution in [-0.2, 0) is 0 Å². The first-order valence-corrected chi connectivity index (χ1v) is 6.81. The van der Waals surface area contributed by atoms with Gasteiger partial charge in [0.2, 0.25) is 0 Å². The summed E-state index contributed by atoms with van der Waals surface area (Å²) in [5, 5.41) is 1.91. The molecule has 2 rings (SSSR count). The Bertz CT molecular complexity index is 573. The summed E-state index contributed by atoms with van der Waals surface area (Å²) in [5.41, 5.74) is 3.43. The number of hydrogen-bond donors (Lipinski definition) is 0. The van der Waals surface area contributed by atoms with Gasteiger partial charge in [0.25, 0.3) is 0 Å². The predicted molar refractivity (Wildman–Crippen MR) is 80.0 cm³/mol. The highest BCUT2D eigenvalue weighted by atomic mass is 35.5. The number of unbranched alkanes of at least 4 members (excludes halogenated alkanes) is 2. The molecule has 0 fully saturated rings. The van der Waals surface area contributed by atoms with Crippen molar-refractivity contribution in [3.8, 4) is 0 Å². The van der Waals surface area contributed by atoms with Crippen molar-refractivity contribution in [2.24, 2.45) is 0 Å². The van der Waals surface area contributed by atoms with E-state index in [4.69, 9.17) is 11.6 Å². The molecule has 1 aromatic heterocycles. The van der Waals surface area contributed by atoms with Crippen LogP contribution in [0.5, 0.6) is 0 Å². The Morgan fingerprint density at radius 3 is 2.94 bits per heavy atom. The van der Waals surface area contributed by atoms with E-state index in [0.29, 0.717) is 0 Å². The van der Waals surface area contributed by atoms with Crippen LogP contribution in [0.2, 0.25) is 5.02 Å². The lowest BCUT2D eigenvalue weighted by molar-refractivity contribution is 0.816. The minimum atomic E-state index is 0.737. The van der Waals surface area contributed by atoms with Gasteiger partial charge in [-0.1, -0.05) is 49.6 Å². The van der Waals surface area contributed by atoms with E-state index >= 15 is 0 Å². The Labute approximate surface area is 114 Å². The SMILES string of the molecule is CCCC/C=C/c1cnc2cc(Cl)ccc2c1C. The van der Waals surface area contributed by atoms with Gasteiger partial charge < -0.3 is 0 Å². The van der Waals surface area contributed by atoms with Crippen molar-refractivity contribution in [2.75, 3.05) is 0 Å². The fourth-order valence-electron chi connectivity index (χ4n) is 2.02. The van der Waals surface area contributed by atoms with E-state index < -0.39 is 0 Å². The van der Waals surface area contributed by atoms with Gasteiger partial charge in [0.05, 0.1) is 5.52 Å². The molecule has 0 amide bonds. The molecule has 2 aromatic rings. The van der Waals surface area contributed by atoms with Crippen molar-refractivity contribution in [2.45, 2.75) is 33.1 Å². The average molecular weight is 260 g/mol. The van der Waals surface area contributed by atoms with Crippen LogP contribution in [0.4, 0.5) is 0 Å². The van der Waals surface area contributed by atoms with Crippen LogP contribution < -0.4 is 0 Å². The van der Waals surface area contributed by atoms with Gasteiger partial charge in [-0.15, -0.1) is 0 Å². The van der Waals surface area contributed by atoms with E-state index in [2.05, 4.69) is 31.0 Å². The van der Waals surface area contributed by atoms with Crippen molar-refractivity contribution < 1.29 is 0 Å². The second-order valence-corrected chi connectivity index (χ2v) is 4.98. The van der Waals surface area contributed by atoms with Gasteiger partial charge in [-0.05, 0) is 36.6 Å². The highest BCUT2D eigenvalue weighted by Crippen LogP contribution is 2.23. The van der Waals surface area contributed by atoms with E-state index in [1.165, 1.54) is 29.4 Å². The normalized spacial score (nSPS) is 11.5. The number of nitrogens with zero attached hydrogens (tertiary/aromatic N) is 1. The molecule has 1 aromatic carbocycles. The van der Waals surface area contributed by atoms with Crippen LogP contribution in [0.15, 0.2) is 30.5 Å². The van der Waals surface area contributed by atoms with E-state index in [9.17, 15) is 0 Å². The lowest BCUT2D eigenvalue weighted by atomic mass is 10.0. The molecular formula is C16H18ClN. The number of fused-ring (bicyclic) bond motifs is 1. The monoisotopic (exact) mass is 259 g/mol. The molecule has 94 valence electrons. The van der Waals surface area contributed by atoms with Crippen molar-refractivity contribution >= 4 is 28.6 Å². The lowest BCUT2D eigenvalue weighted by Gasteiger charge is -2.05. The first kappa shape index (κ1) is 13.1. The van der Waals surface area contributed by atoms with Crippen LogP contribution in [0.1, 0.15) is 37.3 Å². The van der Waals surface area contributed by atoms with Gasteiger partial charge in [-0.3, -0.25) is 4.98 Å². The minimum absolute atomic E-state index is 0.737. The molecule has 0 saturated carbocycles. The number of aryl methyl sites for hydroxylation is 1. The van der Waals surface area contributed by atoms with E-state index in [1.54, 1.807) is 0 Å². The van der Waals surface area contributed by atoms with Crippen molar-refractivity contribution in [3.63, 3.8) is 0 Å². The first-order chi connectivity index (χ1) is 8.72. The predicted octanol–water partition coefficient (Wildman–Crippen LogP) is 5.40. The van der Waals surface area contributed by atoms with Crippen LogP contribution in [0.25, 0.3) is 17.0 Å². The molecule has 1 nitrogen and oxygen atoms in total. The molecule has 0 bridgehead atoms. The van der Waals surface area contributed by atoms with Crippen LogP contribution in [0.3, 0.4) is 0 Å². The van der Waals surface area contributed by atoms with Gasteiger partial charge >= 0.3 is 0 Å². The summed E-state index contributed by atoms with van der Waals surface area (Å²) < 4.78 is 0.